The fourth-order valence-corrected chi connectivity index (χ4v) is 3.99. The van der Waals surface area contributed by atoms with E-state index in [0.717, 1.165) is 6.42 Å². The number of carbonyl (C=O) groups is 2. The van der Waals surface area contributed by atoms with Crippen LogP contribution >= 0.6 is 11.6 Å². The van der Waals surface area contributed by atoms with Gasteiger partial charge in [0.1, 0.15) is 5.41 Å². The van der Waals surface area contributed by atoms with Crippen molar-refractivity contribution in [2.45, 2.75) is 33.1 Å². The van der Waals surface area contributed by atoms with Crippen molar-refractivity contribution in [2.75, 3.05) is 5.32 Å². The topological polar surface area (TPSA) is 46.2 Å². The van der Waals surface area contributed by atoms with Crippen LogP contribution in [0.15, 0.2) is 24.3 Å². The second kappa shape index (κ2) is 4.32. The van der Waals surface area contributed by atoms with E-state index < -0.39 is 5.41 Å². The molecule has 1 N–H and O–H groups in total. The Morgan fingerprint density at radius 1 is 1.40 bits per heavy atom. The highest BCUT2D eigenvalue weighted by Crippen LogP contribution is 2.60. The molecule has 0 unspecified atom stereocenters. The molecule has 20 heavy (non-hydrogen) atoms. The lowest BCUT2D eigenvalue weighted by Gasteiger charge is -2.32. The summed E-state index contributed by atoms with van der Waals surface area (Å²) in [4.78, 5) is 25.3. The number of rotatable bonds is 2. The van der Waals surface area contributed by atoms with Gasteiger partial charge >= 0.3 is 0 Å². The zero-order valence-electron chi connectivity index (χ0n) is 11.7. The van der Waals surface area contributed by atoms with Crippen molar-refractivity contribution in [3.8, 4) is 0 Å². The zero-order chi connectivity index (χ0) is 14.5. The summed E-state index contributed by atoms with van der Waals surface area (Å²) < 4.78 is 0. The van der Waals surface area contributed by atoms with Gasteiger partial charge in [-0.3, -0.25) is 9.59 Å². The Kier molecular flexibility index (Phi) is 2.94. The van der Waals surface area contributed by atoms with Crippen LogP contribution in [-0.4, -0.2) is 11.7 Å². The van der Waals surface area contributed by atoms with Gasteiger partial charge in [-0.25, -0.2) is 0 Å². The Hall–Kier alpha value is -1.35. The highest BCUT2D eigenvalue weighted by molar-refractivity contribution is 6.31. The van der Waals surface area contributed by atoms with Crippen LogP contribution in [0.4, 0.5) is 5.69 Å². The molecular weight excluding hydrogens is 274 g/mol. The molecule has 3 nitrogen and oxygen atoms in total. The number of fused-ring (bicyclic) bond motifs is 2. The van der Waals surface area contributed by atoms with Crippen LogP contribution in [0.1, 0.15) is 33.1 Å². The number of amides is 1. The van der Waals surface area contributed by atoms with E-state index in [-0.39, 0.29) is 17.1 Å². The van der Waals surface area contributed by atoms with Crippen LogP contribution in [0.3, 0.4) is 0 Å². The van der Waals surface area contributed by atoms with Crippen LogP contribution < -0.4 is 5.32 Å². The normalized spacial score (nSPS) is 30.6. The van der Waals surface area contributed by atoms with Crippen molar-refractivity contribution in [3.05, 3.63) is 29.3 Å². The number of hydrogen-bond acceptors (Lipinski definition) is 2. The van der Waals surface area contributed by atoms with Crippen LogP contribution in [0.25, 0.3) is 0 Å². The molecule has 0 heterocycles. The van der Waals surface area contributed by atoms with Gasteiger partial charge in [0.2, 0.25) is 5.91 Å². The number of benzene rings is 1. The van der Waals surface area contributed by atoms with Gasteiger partial charge in [-0.05, 0) is 43.4 Å². The minimum Gasteiger partial charge on any atom is -0.325 e. The summed E-state index contributed by atoms with van der Waals surface area (Å²) in [5.74, 6) is 0.263. The van der Waals surface area contributed by atoms with Crippen molar-refractivity contribution < 1.29 is 9.59 Å². The van der Waals surface area contributed by atoms with E-state index >= 15 is 0 Å². The molecule has 1 aromatic carbocycles. The summed E-state index contributed by atoms with van der Waals surface area (Å²) in [5, 5.41) is 3.44. The fourth-order valence-electron chi connectivity index (χ4n) is 3.80. The Labute approximate surface area is 123 Å². The molecule has 106 valence electrons. The molecule has 4 heteroatoms. The number of halogens is 1. The van der Waals surface area contributed by atoms with Crippen molar-refractivity contribution >= 4 is 29.0 Å². The Morgan fingerprint density at radius 2 is 2.15 bits per heavy atom. The van der Waals surface area contributed by atoms with Gasteiger partial charge < -0.3 is 5.32 Å². The molecule has 0 spiro atoms. The SMILES string of the molecule is CC1(C)C(=O)[C@]2(C(=O)Nc3cccc(Cl)c3)CC[C@@H]1C2. The molecule has 0 saturated heterocycles. The number of hydrogen-bond donors (Lipinski definition) is 1. The van der Waals surface area contributed by atoms with Gasteiger partial charge in [0.25, 0.3) is 0 Å². The van der Waals surface area contributed by atoms with E-state index in [9.17, 15) is 9.59 Å². The number of carbonyl (C=O) groups excluding carboxylic acids is 2. The third kappa shape index (κ3) is 1.80. The number of Topliss-reactive ketones (excluding diaryl/α,β-unsaturated/α-hetero) is 1. The van der Waals surface area contributed by atoms with Crippen LogP contribution in [0.5, 0.6) is 0 Å². The molecule has 1 amide bonds. The van der Waals surface area contributed by atoms with Crippen molar-refractivity contribution in [2.24, 2.45) is 16.7 Å². The first-order valence-electron chi connectivity index (χ1n) is 6.98. The molecule has 2 aliphatic carbocycles. The second-order valence-corrected chi connectivity index (χ2v) is 6.97. The molecule has 2 saturated carbocycles. The van der Waals surface area contributed by atoms with Gasteiger partial charge in [-0.1, -0.05) is 31.5 Å². The van der Waals surface area contributed by atoms with E-state index in [1.165, 1.54) is 0 Å². The number of ketones is 1. The summed E-state index contributed by atoms with van der Waals surface area (Å²) in [7, 11) is 0. The van der Waals surface area contributed by atoms with E-state index in [4.69, 9.17) is 11.6 Å². The average Bonchev–Trinajstić information content (AvgIpc) is 2.90. The Bertz CT molecular complexity index is 596. The minimum atomic E-state index is -0.823. The van der Waals surface area contributed by atoms with Crippen molar-refractivity contribution in [1.29, 1.82) is 0 Å². The Balaban J connectivity index is 1.86. The van der Waals surface area contributed by atoms with Gasteiger partial charge in [0.05, 0.1) is 0 Å². The summed E-state index contributed by atoms with van der Waals surface area (Å²) >= 11 is 5.92. The average molecular weight is 292 g/mol. The molecule has 2 fully saturated rings. The maximum Gasteiger partial charge on any atom is 0.238 e. The minimum absolute atomic E-state index is 0.0979. The van der Waals surface area contributed by atoms with Crippen molar-refractivity contribution in [1.82, 2.24) is 0 Å². The van der Waals surface area contributed by atoms with Crippen LogP contribution in [0.2, 0.25) is 5.02 Å². The van der Waals surface area contributed by atoms with E-state index in [2.05, 4.69) is 5.32 Å². The van der Waals surface area contributed by atoms with E-state index in [1.807, 2.05) is 13.8 Å². The van der Waals surface area contributed by atoms with Gasteiger partial charge in [0.15, 0.2) is 5.78 Å². The van der Waals surface area contributed by atoms with Gasteiger partial charge in [0, 0.05) is 16.1 Å². The Morgan fingerprint density at radius 3 is 2.75 bits per heavy atom. The maximum absolute atomic E-state index is 12.6. The highest BCUT2D eigenvalue weighted by atomic mass is 35.5. The molecule has 0 aromatic heterocycles. The largest absolute Gasteiger partial charge is 0.325 e. The second-order valence-electron chi connectivity index (χ2n) is 6.54. The molecule has 0 aliphatic heterocycles. The van der Waals surface area contributed by atoms with E-state index in [1.54, 1.807) is 24.3 Å². The first kappa shape index (κ1) is 13.6. The molecule has 3 rings (SSSR count). The lowest BCUT2D eigenvalue weighted by molar-refractivity contribution is -0.142. The quantitative estimate of drug-likeness (QED) is 0.845. The zero-order valence-corrected chi connectivity index (χ0v) is 12.5. The predicted molar refractivity (Wildman–Crippen MR) is 78.6 cm³/mol. The molecule has 2 bridgehead atoms. The standard InChI is InChI=1S/C16H18ClNO2/c1-15(2)10-6-7-16(9-10,13(15)19)14(20)18-12-5-3-4-11(17)8-12/h3-5,8,10H,6-7,9H2,1-2H3,(H,18,20)/t10-,16+/m1/s1. The number of anilines is 1. The molecular formula is C16H18ClNO2. The lowest BCUT2D eigenvalue weighted by atomic mass is 9.70. The summed E-state index contributed by atoms with van der Waals surface area (Å²) in [6.07, 6.45) is 2.32. The van der Waals surface area contributed by atoms with Gasteiger partial charge in [-0.2, -0.15) is 0 Å². The molecule has 0 radical (unpaired) electrons. The summed E-state index contributed by atoms with van der Waals surface area (Å²) in [5.41, 5.74) is -0.543. The smallest absolute Gasteiger partial charge is 0.238 e. The molecule has 2 atom stereocenters. The maximum atomic E-state index is 12.6. The fraction of sp³-hybridized carbons (Fsp3) is 0.500. The molecule has 1 aromatic rings. The monoisotopic (exact) mass is 291 g/mol. The molecule has 2 aliphatic rings. The number of nitrogens with one attached hydrogen (secondary N) is 1. The highest BCUT2D eigenvalue weighted by Gasteiger charge is 2.64. The summed E-state index contributed by atoms with van der Waals surface area (Å²) in [6.45, 7) is 3.93. The lowest BCUT2D eigenvalue weighted by Crippen LogP contribution is -2.44. The third-order valence-corrected chi connectivity index (χ3v) is 5.31. The predicted octanol–water partition coefficient (Wildman–Crippen LogP) is 3.67. The first-order chi connectivity index (χ1) is 9.36. The first-order valence-corrected chi connectivity index (χ1v) is 7.36. The van der Waals surface area contributed by atoms with Crippen LogP contribution in [0, 0.1) is 16.7 Å². The van der Waals surface area contributed by atoms with E-state index in [0.29, 0.717) is 29.5 Å². The van der Waals surface area contributed by atoms with Gasteiger partial charge in [-0.15, -0.1) is 0 Å². The summed E-state index contributed by atoms with van der Waals surface area (Å²) in [6, 6.07) is 7.03. The third-order valence-electron chi connectivity index (χ3n) is 5.07. The van der Waals surface area contributed by atoms with Crippen LogP contribution in [-0.2, 0) is 9.59 Å². The van der Waals surface area contributed by atoms with Crippen molar-refractivity contribution in [3.63, 3.8) is 0 Å².